The standard InChI is InChI=1S/C18H17NO4/c1-12(20)19(23-13(2)21)11-10-14-6-5-9-17-18(14)15-7-3-4-8-16(15)22-17/h3-9H,10-11H2,1-2H3. The van der Waals surface area contributed by atoms with Crippen LogP contribution in [0.15, 0.2) is 46.9 Å². The van der Waals surface area contributed by atoms with Crippen molar-refractivity contribution in [2.24, 2.45) is 0 Å². The maximum Gasteiger partial charge on any atom is 0.329 e. The van der Waals surface area contributed by atoms with Gasteiger partial charge in [0.2, 0.25) is 0 Å². The number of hydrogen-bond acceptors (Lipinski definition) is 4. The van der Waals surface area contributed by atoms with Crippen LogP contribution < -0.4 is 0 Å². The SMILES string of the molecule is CC(=O)ON(CCc1cccc2oc3ccccc3c12)C(C)=O. The molecule has 0 aliphatic rings. The molecule has 2 aromatic carbocycles. The Labute approximate surface area is 133 Å². The van der Waals surface area contributed by atoms with Crippen LogP contribution in [0.25, 0.3) is 21.9 Å². The first-order valence-electron chi connectivity index (χ1n) is 7.42. The summed E-state index contributed by atoms with van der Waals surface area (Å²) in [6.07, 6.45) is 0.563. The monoisotopic (exact) mass is 311 g/mol. The average molecular weight is 311 g/mol. The van der Waals surface area contributed by atoms with Crippen LogP contribution in [0.2, 0.25) is 0 Å². The van der Waals surface area contributed by atoms with Gasteiger partial charge in [-0.25, -0.2) is 0 Å². The van der Waals surface area contributed by atoms with Gasteiger partial charge >= 0.3 is 5.97 Å². The van der Waals surface area contributed by atoms with Gasteiger partial charge < -0.3 is 9.25 Å². The van der Waals surface area contributed by atoms with Crippen LogP contribution in [0.5, 0.6) is 0 Å². The fourth-order valence-corrected chi connectivity index (χ4v) is 2.70. The highest BCUT2D eigenvalue weighted by molar-refractivity contribution is 6.06. The van der Waals surface area contributed by atoms with Gasteiger partial charge in [-0.2, -0.15) is 5.06 Å². The molecule has 5 heteroatoms. The lowest BCUT2D eigenvalue weighted by Gasteiger charge is -2.18. The summed E-state index contributed by atoms with van der Waals surface area (Å²) in [5.41, 5.74) is 2.69. The Balaban J connectivity index is 1.93. The first-order chi connectivity index (χ1) is 11.1. The molecule has 0 spiro atoms. The summed E-state index contributed by atoms with van der Waals surface area (Å²) >= 11 is 0. The number of para-hydroxylation sites is 1. The summed E-state index contributed by atoms with van der Waals surface area (Å²) in [4.78, 5) is 27.6. The minimum Gasteiger partial charge on any atom is -0.456 e. The van der Waals surface area contributed by atoms with Crippen LogP contribution >= 0.6 is 0 Å². The lowest BCUT2D eigenvalue weighted by atomic mass is 10.0. The largest absolute Gasteiger partial charge is 0.456 e. The molecular weight excluding hydrogens is 294 g/mol. The normalized spacial score (nSPS) is 10.9. The zero-order valence-electron chi connectivity index (χ0n) is 13.0. The molecule has 3 rings (SSSR count). The molecule has 0 atom stereocenters. The Morgan fingerprint density at radius 3 is 2.52 bits per heavy atom. The van der Waals surface area contributed by atoms with Crippen LogP contribution in [-0.4, -0.2) is 23.5 Å². The smallest absolute Gasteiger partial charge is 0.329 e. The number of rotatable bonds is 3. The van der Waals surface area contributed by atoms with Crippen LogP contribution in [-0.2, 0) is 20.8 Å². The van der Waals surface area contributed by atoms with Crippen molar-refractivity contribution in [2.45, 2.75) is 20.3 Å². The van der Waals surface area contributed by atoms with E-state index in [0.29, 0.717) is 13.0 Å². The summed E-state index contributed by atoms with van der Waals surface area (Å²) in [6, 6.07) is 13.7. The van der Waals surface area contributed by atoms with E-state index in [4.69, 9.17) is 9.25 Å². The molecule has 0 saturated carbocycles. The molecule has 1 amide bonds. The number of nitrogens with zero attached hydrogens (tertiary/aromatic N) is 1. The first kappa shape index (κ1) is 15.1. The van der Waals surface area contributed by atoms with Gasteiger partial charge in [-0.05, 0) is 24.1 Å². The number of hydroxylamine groups is 2. The van der Waals surface area contributed by atoms with Gasteiger partial charge in [0.1, 0.15) is 11.2 Å². The van der Waals surface area contributed by atoms with Gasteiger partial charge in [-0.15, -0.1) is 0 Å². The Morgan fingerprint density at radius 1 is 1.04 bits per heavy atom. The quantitative estimate of drug-likeness (QED) is 0.695. The number of fused-ring (bicyclic) bond motifs is 3. The predicted octanol–water partition coefficient (Wildman–Crippen LogP) is 3.46. The minimum atomic E-state index is -0.507. The maximum atomic E-state index is 11.6. The van der Waals surface area contributed by atoms with Gasteiger partial charge in [-0.1, -0.05) is 30.3 Å². The van der Waals surface area contributed by atoms with Crippen molar-refractivity contribution in [3.63, 3.8) is 0 Å². The van der Waals surface area contributed by atoms with Gasteiger partial charge in [-0.3, -0.25) is 9.59 Å². The highest BCUT2D eigenvalue weighted by Gasteiger charge is 2.15. The Morgan fingerprint density at radius 2 is 1.78 bits per heavy atom. The summed E-state index contributed by atoms with van der Waals surface area (Å²) in [6.45, 7) is 2.95. The number of furan rings is 1. The van der Waals surface area contributed by atoms with E-state index in [0.717, 1.165) is 32.6 Å². The van der Waals surface area contributed by atoms with Gasteiger partial charge in [0.05, 0.1) is 6.54 Å². The van der Waals surface area contributed by atoms with Crippen molar-refractivity contribution < 1.29 is 18.8 Å². The van der Waals surface area contributed by atoms with E-state index in [9.17, 15) is 9.59 Å². The van der Waals surface area contributed by atoms with Crippen LogP contribution in [0, 0.1) is 0 Å². The van der Waals surface area contributed by atoms with Gasteiger partial charge in [0, 0.05) is 24.6 Å². The molecule has 0 fully saturated rings. The molecule has 3 aromatic rings. The average Bonchev–Trinajstić information content (AvgIpc) is 2.90. The van der Waals surface area contributed by atoms with E-state index >= 15 is 0 Å². The molecule has 0 radical (unpaired) electrons. The number of carbonyl (C=O) groups is 2. The second-order valence-corrected chi connectivity index (χ2v) is 5.34. The number of amides is 1. The van der Waals surface area contributed by atoms with Crippen LogP contribution in [0.3, 0.4) is 0 Å². The minimum absolute atomic E-state index is 0.299. The molecule has 0 aliphatic heterocycles. The molecule has 1 aromatic heterocycles. The van der Waals surface area contributed by atoms with Crippen molar-refractivity contribution >= 4 is 33.8 Å². The molecule has 0 saturated heterocycles. The van der Waals surface area contributed by atoms with Crippen molar-refractivity contribution in [3.05, 3.63) is 48.0 Å². The van der Waals surface area contributed by atoms with E-state index < -0.39 is 5.97 Å². The van der Waals surface area contributed by atoms with E-state index in [2.05, 4.69) is 0 Å². The van der Waals surface area contributed by atoms with Crippen molar-refractivity contribution in [2.75, 3.05) is 6.54 Å². The highest BCUT2D eigenvalue weighted by atomic mass is 16.7. The Bertz CT molecular complexity index is 881. The summed E-state index contributed by atoms with van der Waals surface area (Å²) in [7, 11) is 0. The second-order valence-electron chi connectivity index (χ2n) is 5.34. The van der Waals surface area contributed by atoms with Crippen molar-refractivity contribution in [1.82, 2.24) is 5.06 Å². The Kier molecular flexibility index (Phi) is 4.02. The van der Waals surface area contributed by atoms with E-state index in [-0.39, 0.29) is 5.91 Å². The fraction of sp³-hybridized carbons (Fsp3) is 0.222. The van der Waals surface area contributed by atoms with E-state index in [1.54, 1.807) is 0 Å². The molecule has 1 heterocycles. The van der Waals surface area contributed by atoms with Crippen molar-refractivity contribution in [1.29, 1.82) is 0 Å². The number of hydrogen-bond donors (Lipinski definition) is 0. The van der Waals surface area contributed by atoms with Gasteiger partial charge in [0.25, 0.3) is 5.91 Å². The third-order valence-electron chi connectivity index (χ3n) is 3.66. The molecule has 23 heavy (non-hydrogen) atoms. The summed E-state index contributed by atoms with van der Waals surface area (Å²) < 4.78 is 5.85. The zero-order valence-corrected chi connectivity index (χ0v) is 13.0. The first-order valence-corrected chi connectivity index (χ1v) is 7.42. The predicted molar refractivity (Wildman–Crippen MR) is 86.6 cm³/mol. The lowest BCUT2D eigenvalue weighted by molar-refractivity contribution is -0.194. The van der Waals surface area contributed by atoms with E-state index in [1.807, 2.05) is 42.5 Å². The number of carbonyl (C=O) groups excluding carboxylic acids is 2. The topological polar surface area (TPSA) is 59.8 Å². The van der Waals surface area contributed by atoms with Crippen molar-refractivity contribution in [3.8, 4) is 0 Å². The van der Waals surface area contributed by atoms with Crippen LogP contribution in [0.1, 0.15) is 19.4 Å². The fourth-order valence-electron chi connectivity index (χ4n) is 2.70. The van der Waals surface area contributed by atoms with E-state index in [1.165, 1.54) is 13.8 Å². The van der Waals surface area contributed by atoms with Crippen LogP contribution in [0.4, 0.5) is 0 Å². The molecule has 0 unspecified atom stereocenters. The third kappa shape index (κ3) is 3.04. The summed E-state index contributed by atoms with van der Waals surface area (Å²) in [5, 5.41) is 3.16. The summed E-state index contributed by atoms with van der Waals surface area (Å²) in [5.74, 6) is -0.809. The number of benzene rings is 2. The second kappa shape index (κ2) is 6.12. The maximum absolute atomic E-state index is 11.6. The zero-order chi connectivity index (χ0) is 16.4. The third-order valence-corrected chi connectivity index (χ3v) is 3.66. The molecule has 0 aliphatic carbocycles. The molecular formula is C18H17NO4. The molecule has 0 N–H and O–H groups in total. The van der Waals surface area contributed by atoms with Gasteiger partial charge in [0.15, 0.2) is 0 Å². The molecule has 118 valence electrons. The molecule has 0 bridgehead atoms. The Hall–Kier alpha value is -2.82. The lowest BCUT2D eigenvalue weighted by Crippen LogP contribution is -2.32. The molecule has 5 nitrogen and oxygen atoms in total. The highest BCUT2D eigenvalue weighted by Crippen LogP contribution is 2.31.